The molecule has 0 bridgehead atoms. The van der Waals surface area contributed by atoms with Crippen molar-refractivity contribution >= 4 is 0 Å². The Balaban J connectivity index is 1.51. The van der Waals surface area contributed by atoms with Gasteiger partial charge in [-0.1, -0.05) is 25.7 Å². The molecular weight excluding hydrogens is 324 g/mol. The number of rotatable bonds is 2. The van der Waals surface area contributed by atoms with E-state index in [9.17, 15) is 15.3 Å². The van der Waals surface area contributed by atoms with Crippen molar-refractivity contribution in [3.8, 4) is 0 Å². The lowest BCUT2D eigenvalue weighted by Crippen LogP contribution is -2.64. The van der Waals surface area contributed by atoms with Crippen LogP contribution < -0.4 is 0 Å². The monoisotopic (exact) mass is 356 g/mol. The Bertz CT molecular complexity index is 471. The highest BCUT2D eigenvalue weighted by Crippen LogP contribution is 2.46. The van der Waals surface area contributed by atoms with Gasteiger partial charge in [0.05, 0.1) is 5.60 Å². The molecule has 0 radical (unpaired) electrons. The Hall–Kier alpha value is -0.240. The Morgan fingerprint density at radius 3 is 1.84 bits per heavy atom. The Kier molecular flexibility index (Phi) is 4.88. The smallest absolute Gasteiger partial charge is 0.169 e. The molecule has 0 amide bonds. The third kappa shape index (κ3) is 3.26. The first kappa shape index (κ1) is 18.1. The molecule has 1 heterocycles. The molecule has 6 unspecified atom stereocenters. The van der Waals surface area contributed by atoms with Gasteiger partial charge in [0.2, 0.25) is 0 Å². The Labute approximate surface area is 149 Å². The van der Waals surface area contributed by atoms with Crippen molar-refractivity contribution in [1.82, 2.24) is 0 Å². The average Bonchev–Trinajstić information content (AvgIpc) is 2.97. The van der Waals surface area contributed by atoms with E-state index in [1.807, 2.05) is 6.92 Å². The van der Waals surface area contributed by atoms with Gasteiger partial charge in [0.1, 0.15) is 36.6 Å². The standard InChI is InChI=1S/C19H32O6/c1-18(8-4-2-5-9-18)23-15-12(20)13(21)16-17(14(15)22)25-19(24-16)10-6-3-7-11-19/h12-17,20-22H,2-11H2,1H3. The normalized spacial score (nSPS) is 46.1. The van der Waals surface area contributed by atoms with E-state index in [0.717, 1.165) is 57.8 Å². The maximum absolute atomic E-state index is 10.9. The summed E-state index contributed by atoms with van der Waals surface area (Å²) in [7, 11) is 0. The fourth-order valence-electron chi connectivity index (χ4n) is 5.18. The molecule has 4 fully saturated rings. The topological polar surface area (TPSA) is 88.4 Å². The van der Waals surface area contributed by atoms with Crippen LogP contribution >= 0.6 is 0 Å². The van der Waals surface area contributed by atoms with Gasteiger partial charge in [-0.3, -0.25) is 0 Å². The second kappa shape index (κ2) is 6.73. The molecule has 0 aromatic heterocycles. The molecule has 0 aromatic carbocycles. The van der Waals surface area contributed by atoms with Gasteiger partial charge >= 0.3 is 0 Å². The lowest BCUT2D eigenvalue weighted by molar-refractivity contribution is -0.243. The van der Waals surface area contributed by atoms with Crippen LogP contribution in [-0.4, -0.2) is 63.3 Å². The fourth-order valence-corrected chi connectivity index (χ4v) is 5.18. The van der Waals surface area contributed by atoms with Gasteiger partial charge in [-0.15, -0.1) is 0 Å². The van der Waals surface area contributed by atoms with Crippen LogP contribution in [0, 0.1) is 0 Å². The summed E-state index contributed by atoms with van der Waals surface area (Å²) in [5, 5.41) is 32.1. The van der Waals surface area contributed by atoms with Crippen LogP contribution in [0.2, 0.25) is 0 Å². The van der Waals surface area contributed by atoms with E-state index in [-0.39, 0.29) is 5.60 Å². The summed E-state index contributed by atoms with van der Waals surface area (Å²) in [6.07, 6.45) is 4.49. The summed E-state index contributed by atoms with van der Waals surface area (Å²) < 4.78 is 18.4. The quantitative estimate of drug-likeness (QED) is 0.697. The first-order valence-corrected chi connectivity index (χ1v) is 10.0. The van der Waals surface area contributed by atoms with Crippen LogP contribution in [0.15, 0.2) is 0 Å². The summed E-state index contributed by atoms with van der Waals surface area (Å²) in [5.74, 6) is -0.709. The molecule has 4 aliphatic rings. The highest BCUT2D eigenvalue weighted by Gasteiger charge is 2.60. The summed E-state index contributed by atoms with van der Waals surface area (Å²) in [5.41, 5.74) is -0.362. The number of aliphatic hydroxyl groups excluding tert-OH is 3. The largest absolute Gasteiger partial charge is 0.387 e. The molecule has 6 nitrogen and oxygen atoms in total. The fraction of sp³-hybridized carbons (Fsp3) is 1.00. The molecule has 6 heteroatoms. The van der Waals surface area contributed by atoms with E-state index >= 15 is 0 Å². The van der Waals surface area contributed by atoms with Gasteiger partial charge in [-0.25, -0.2) is 0 Å². The van der Waals surface area contributed by atoms with Crippen LogP contribution in [0.25, 0.3) is 0 Å². The first-order chi connectivity index (χ1) is 11.9. The second-order valence-corrected chi connectivity index (χ2v) is 8.70. The van der Waals surface area contributed by atoms with Crippen LogP contribution in [0.5, 0.6) is 0 Å². The first-order valence-electron chi connectivity index (χ1n) is 10.0. The molecule has 4 rings (SSSR count). The summed E-state index contributed by atoms with van der Waals surface area (Å²) >= 11 is 0. The minimum absolute atomic E-state index is 0.362. The molecule has 6 atom stereocenters. The number of hydrogen-bond donors (Lipinski definition) is 3. The van der Waals surface area contributed by atoms with Crippen molar-refractivity contribution in [1.29, 1.82) is 0 Å². The number of aliphatic hydroxyl groups is 3. The van der Waals surface area contributed by atoms with E-state index in [4.69, 9.17) is 14.2 Å². The van der Waals surface area contributed by atoms with Gasteiger partial charge in [0.25, 0.3) is 0 Å². The lowest BCUT2D eigenvalue weighted by atomic mass is 9.82. The second-order valence-electron chi connectivity index (χ2n) is 8.70. The minimum Gasteiger partial charge on any atom is -0.387 e. The number of hydrogen-bond acceptors (Lipinski definition) is 6. The van der Waals surface area contributed by atoms with E-state index < -0.39 is 42.4 Å². The van der Waals surface area contributed by atoms with Crippen LogP contribution in [0.1, 0.15) is 71.1 Å². The number of fused-ring (bicyclic) bond motifs is 1. The molecule has 144 valence electrons. The highest BCUT2D eigenvalue weighted by molar-refractivity contribution is 5.06. The number of ether oxygens (including phenoxy) is 3. The van der Waals surface area contributed by atoms with E-state index in [2.05, 4.69) is 0 Å². The van der Waals surface area contributed by atoms with E-state index in [0.29, 0.717) is 0 Å². The third-order valence-corrected chi connectivity index (χ3v) is 6.67. The SMILES string of the molecule is CC1(OC2C(O)C(O)C3OC4(CCCCC4)OC3C2O)CCCCC1. The Morgan fingerprint density at radius 1 is 0.720 bits per heavy atom. The summed E-state index contributed by atoms with van der Waals surface area (Å²) in [6.45, 7) is 2.04. The molecule has 25 heavy (non-hydrogen) atoms. The molecule has 3 saturated carbocycles. The zero-order chi connectivity index (χ0) is 17.7. The lowest BCUT2D eigenvalue weighted by Gasteiger charge is -2.46. The molecule has 0 aromatic rings. The van der Waals surface area contributed by atoms with Gasteiger partial charge in [-0.05, 0) is 32.6 Å². The molecule has 3 N–H and O–H groups in total. The van der Waals surface area contributed by atoms with Crippen molar-refractivity contribution < 1.29 is 29.5 Å². The van der Waals surface area contributed by atoms with Gasteiger partial charge < -0.3 is 29.5 Å². The van der Waals surface area contributed by atoms with Crippen LogP contribution in [0.3, 0.4) is 0 Å². The molecule has 1 aliphatic heterocycles. The maximum atomic E-state index is 10.9. The average molecular weight is 356 g/mol. The zero-order valence-electron chi connectivity index (χ0n) is 15.1. The Morgan fingerprint density at radius 2 is 1.24 bits per heavy atom. The predicted octanol–water partition coefficient (Wildman–Crippen LogP) is 1.64. The third-order valence-electron chi connectivity index (χ3n) is 6.67. The summed E-state index contributed by atoms with van der Waals surface area (Å²) in [4.78, 5) is 0. The molecule has 1 saturated heterocycles. The molecular formula is C19H32O6. The highest BCUT2D eigenvalue weighted by atomic mass is 16.8. The van der Waals surface area contributed by atoms with Gasteiger partial charge in [0, 0.05) is 12.8 Å². The van der Waals surface area contributed by atoms with Crippen LogP contribution in [-0.2, 0) is 14.2 Å². The van der Waals surface area contributed by atoms with Gasteiger partial charge in [-0.2, -0.15) is 0 Å². The van der Waals surface area contributed by atoms with Crippen LogP contribution in [0.4, 0.5) is 0 Å². The van der Waals surface area contributed by atoms with Crippen molar-refractivity contribution in [2.75, 3.05) is 0 Å². The van der Waals surface area contributed by atoms with Crippen molar-refractivity contribution in [2.45, 2.75) is 119 Å². The van der Waals surface area contributed by atoms with Gasteiger partial charge in [0.15, 0.2) is 5.79 Å². The van der Waals surface area contributed by atoms with E-state index in [1.54, 1.807) is 0 Å². The maximum Gasteiger partial charge on any atom is 0.169 e. The van der Waals surface area contributed by atoms with E-state index in [1.165, 1.54) is 6.42 Å². The molecule has 1 spiro atoms. The minimum atomic E-state index is -1.17. The summed E-state index contributed by atoms with van der Waals surface area (Å²) in [6, 6.07) is 0. The van der Waals surface area contributed by atoms with Crippen molar-refractivity contribution in [3.05, 3.63) is 0 Å². The predicted molar refractivity (Wildman–Crippen MR) is 89.9 cm³/mol. The zero-order valence-corrected chi connectivity index (χ0v) is 15.1. The van der Waals surface area contributed by atoms with Crippen molar-refractivity contribution in [3.63, 3.8) is 0 Å². The molecule has 3 aliphatic carbocycles. The van der Waals surface area contributed by atoms with Crippen molar-refractivity contribution in [2.24, 2.45) is 0 Å².